The summed E-state index contributed by atoms with van der Waals surface area (Å²) in [5.74, 6) is 0.933. The van der Waals surface area contributed by atoms with Crippen molar-refractivity contribution in [3.05, 3.63) is 30.3 Å². The van der Waals surface area contributed by atoms with Crippen LogP contribution in [0.25, 0.3) is 11.5 Å². The maximum absolute atomic E-state index is 11.9. The molecule has 1 fully saturated rings. The molecule has 7 heteroatoms. The predicted molar refractivity (Wildman–Crippen MR) is 89.2 cm³/mol. The number of aromatic nitrogens is 3. The molecule has 3 rings (SSSR count). The Balaban J connectivity index is 1.38. The molecule has 1 saturated heterocycles. The van der Waals surface area contributed by atoms with Crippen molar-refractivity contribution in [2.24, 2.45) is 0 Å². The van der Waals surface area contributed by atoms with Gasteiger partial charge < -0.3 is 14.7 Å². The average Bonchev–Trinajstić information content (AvgIpc) is 3.11. The Morgan fingerprint density at radius 3 is 2.92 bits per heavy atom. The minimum atomic E-state index is 0.0181. The molecule has 128 valence electrons. The highest BCUT2D eigenvalue weighted by Crippen LogP contribution is 2.12. The number of likely N-dealkylation sites (tertiary alicyclic amines) is 1. The summed E-state index contributed by atoms with van der Waals surface area (Å²) in [5.41, 5.74) is 0.665. The second-order valence-electron chi connectivity index (χ2n) is 5.98. The maximum Gasteiger partial charge on any atom is 0.227 e. The second-order valence-corrected chi connectivity index (χ2v) is 5.98. The van der Waals surface area contributed by atoms with Gasteiger partial charge in [0.05, 0.1) is 0 Å². The van der Waals surface area contributed by atoms with Crippen LogP contribution in [0.3, 0.4) is 0 Å². The third-order valence-electron chi connectivity index (χ3n) is 4.13. The number of hydrogen-bond donors (Lipinski definition) is 1. The Morgan fingerprint density at radius 1 is 1.25 bits per heavy atom. The minimum absolute atomic E-state index is 0.0181. The summed E-state index contributed by atoms with van der Waals surface area (Å²) < 4.78 is 5.18. The predicted octanol–water partition coefficient (Wildman–Crippen LogP) is 1.67. The molecule has 1 aliphatic rings. The van der Waals surface area contributed by atoms with E-state index in [0.717, 1.165) is 19.6 Å². The molecular weight excluding hydrogens is 306 g/mol. The number of aryl methyl sites for hydroxylation is 1. The number of amides is 1. The van der Waals surface area contributed by atoms with E-state index in [4.69, 9.17) is 4.52 Å². The fraction of sp³-hybridized carbons (Fsp3) is 0.529. The number of carbonyl (C=O) groups excluding carboxylic acids is 1. The number of nitrogens with zero attached hydrogens (tertiary/aromatic N) is 4. The van der Waals surface area contributed by atoms with Crippen LogP contribution in [-0.4, -0.2) is 52.1 Å². The van der Waals surface area contributed by atoms with Gasteiger partial charge in [0.25, 0.3) is 0 Å². The van der Waals surface area contributed by atoms with Crippen LogP contribution in [0.1, 0.15) is 31.6 Å². The fourth-order valence-electron chi connectivity index (χ4n) is 2.80. The molecule has 3 heterocycles. The van der Waals surface area contributed by atoms with E-state index >= 15 is 0 Å². The molecule has 2 aromatic rings. The number of piperidine rings is 1. The molecule has 1 N–H and O–H groups in total. The van der Waals surface area contributed by atoms with Gasteiger partial charge in [-0.3, -0.25) is 9.78 Å². The number of nitrogens with one attached hydrogen (secondary N) is 1. The third-order valence-corrected chi connectivity index (χ3v) is 4.13. The first kappa shape index (κ1) is 16.6. The summed E-state index contributed by atoms with van der Waals surface area (Å²) in [5, 5.41) is 6.86. The van der Waals surface area contributed by atoms with Gasteiger partial charge in [-0.05, 0) is 38.1 Å². The molecule has 0 bridgehead atoms. The zero-order valence-electron chi connectivity index (χ0n) is 13.8. The van der Waals surface area contributed by atoms with Gasteiger partial charge in [-0.15, -0.1) is 0 Å². The van der Waals surface area contributed by atoms with Crippen molar-refractivity contribution in [3.63, 3.8) is 0 Å². The van der Waals surface area contributed by atoms with Gasteiger partial charge in [0.15, 0.2) is 0 Å². The van der Waals surface area contributed by atoms with Crippen molar-refractivity contribution in [2.45, 2.75) is 32.1 Å². The molecule has 1 amide bonds. The molecule has 24 heavy (non-hydrogen) atoms. The normalized spacial score (nSPS) is 15.3. The molecular formula is C17H23N5O2. The highest BCUT2D eigenvalue weighted by Gasteiger charge is 2.12. The molecule has 7 nitrogen and oxygen atoms in total. The third kappa shape index (κ3) is 4.86. The van der Waals surface area contributed by atoms with Gasteiger partial charge in [0.2, 0.25) is 17.6 Å². The van der Waals surface area contributed by atoms with E-state index in [-0.39, 0.29) is 5.91 Å². The summed E-state index contributed by atoms with van der Waals surface area (Å²) >= 11 is 0. The smallest absolute Gasteiger partial charge is 0.227 e. The van der Waals surface area contributed by atoms with E-state index < -0.39 is 0 Å². The molecule has 0 spiro atoms. The minimum Gasteiger partial charge on any atom is -0.355 e. The summed E-state index contributed by atoms with van der Waals surface area (Å²) in [6.45, 7) is 3.92. The van der Waals surface area contributed by atoms with Crippen LogP contribution in [0.4, 0.5) is 0 Å². The van der Waals surface area contributed by atoms with E-state index in [9.17, 15) is 4.79 Å². The van der Waals surface area contributed by atoms with Crippen LogP contribution in [0.15, 0.2) is 28.9 Å². The van der Waals surface area contributed by atoms with E-state index in [1.54, 1.807) is 6.20 Å². The average molecular weight is 329 g/mol. The van der Waals surface area contributed by atoms with Gasteiger partial charge in [-0.2, -0.15) is 4.98 Å². The van der Waals surface area contributed by atoms with Gasteiger partial charge >= 0.3 is 0 Å². The lowest BCUT2D eigenvalue weighted by molar-refractivity contribution is -0.121. The Hall–Kier alpha value is -2.28. The standard InChI is InChI=1S/C17H23N5O2/c23-15(19-10-13-22-11-4-1-5-12-22)7-8-16-20-17(21-24-16)14-6-2-3-9-18-14/h2-3,6,9H,1,4-5,7-8,10-13H2,(H,19,23). The summed E-state index contributed by atoms with van der Waals surface area (Å²) in [6.07, 6.45) is 6.33. The molecule has 0 unspecified atom stereocenters. The molecule has 0 atom stereocenters. The zero-order valence-corrected chi connectivity index (χ0v) is 13.8. The maximum atomic E-state index is 11.9. The van der Waals surface area contributed by atoms with Crippen molar-refractivity contribution in [3.8, 4) is 11.5 Å². The molecule has 0 aromatic carbocycles. The van der Waals surface area contributed by atoms with Crippen molar-refractivity contribution in [1.82, 2.24) is 25.3 Å². The fourth-order valence-corrected chi connectivity index (χ4v) is 2.80. The van der Waals surface area contributed by atoms with Crippen LogP contribution >= 0.6 is 0 Å². The largest absolute Gasteiger partial charge is 0.355 e. The first-order valence-electron chi connectivity index (χ1n) is 8.54. The SMILES string of the molecule is O=C(CCc1nc(-c2ccccn2)no1)NCCN1CCCCC1. The number of pyridine rings is 1. The van der Waals surface area contributed by atoms with E-state index in [1.165, 1.54) is 19.3 Å². The molecule has 0 aliphatic carbocycles. The molecule has 0 radical (unpaired) electrons. The Labute approximate surface area is 141 Å². The monoisotopic (exact) mass is 329 g/mol. The summed E-state index contributed by atoms with van der Waals surface area (Å²) in [7, 11) is 0. The summed E-state index contributed by atoms with van der Waals surface area (Å²) in [6, 6.07) is 5.52. The second kappa shape index (κ2) is 8.54. The lowest BCUT2D eigenvalue weighted by Crippen LogP contribution is -2.37. The Kier molecular flexibility index (Phi) is 5.90. The number of rotatable bonds is 7. The van der Waals surface area contributed by atoms with E-state index in [0.29, 0.717) is 36.8 Å². The lowest BCUT2D eigenvalue weighted by Gasteiger charge is -2.26. The van der Waals surface area contributed by atoms with Crippen LogP contribution in [0.5, 0.6) is 0 Å². The summed E-state index contributed by atoms with van der Waals surface area (Å²) in [4.78, 5) is 22.8. The molecule has 2 aromatic heterocycles. The first-order valence-corrected chi connectivity index (χ1v) is 8.54. The Bertz CT molecular complexity index is 637. The van der Waals surface area contributed by atoms with Gasteiger partial charge in [-0.1, -0.05) is 17.6 Å². The quantitative estimate of drug-likeness (QED) is 0.832. The van der Waals surface area contributed by atoms with Gasteiger partial charge in [-0.25, -0.2) is 0 Å². The van der Waals surface area contributed by atoms with Crippen molar-refractivity contribution < 1.29 is 9.32 Å². The van der Waals surface area contributed by atoms with Crippen LogP contribution < -0.4 is 5.32 Å². The highest BCUT2D eigenvalue weighted by atomic mass is 16.5. The molecule has 1 aliphatic heterocycles. The van der Waals surface area contributed by atoms with Crippen molar-refractivity contribution in [1.29, 1.82) is 0 Å². The topological polar surface area (TPSA) is 84.1 Å². The van der Waals surface area contributed by atoms with E-state index in [1.807, 2.05) is 18.2 Å². The van der Waals surface area contributed by atoms with Crippen LogP contribution in [-0.2, 0) is 11.2 Å². The lowest BCUT2D eigenvalue weighted by atomic mass is 10.1. The van der Waals surface area contributed by atoms with E-state index in [2.05, 4.69) is 25.3 Å². The first-order chi connectivity index (χ1) is 11.8. The van der Waals surface area contributed by atoms with Crippen LogP contribution in [0, 0.1) is 0 Å². The van der Waals surface area contributed by atoms with Gasteiger partial charge in [0, 0.05) is 32.1 Å². The number of hydrogen-bond acceptors (Lipinski definition) is 6. The van der Waals surface area contributed by atoms with Gasteiger partial charge in [0.1, 0.15) is 5.69 Å². The van der Waals surface area contributed by atoms with Crippen LogP contribution in [0.2, 0.25) is 0 Å². The number of carbonyl (C=O) groups is 1. The van der Waals surface area contributed by atoms with Crippen molar-refractivity contribution in [2.75, 3.05) is 26.2 Å². The Morgan fingerprint density at radius 2 is 2.12 bits per heavy atom. The molecule has 0 saturated carbocycles. The highest BCUT2D eigenvalue weighted by molar-refractivity contribution is 5.76. The van der Waals surface area contributed by atoms with Crippen molar-refractivity contribution >= 4 is 5.91 Å². The zero-order chi connectivity index (χ0) is 16.6.